The summed E-state index contributed by atoms with van der Waals surface area (Å²) in [5, 5.41) is 2.85. The van der Waals surface area contributed by atoms with Gasteiger partial charge in [0.15, 0.2) is 0 Å². The zero-order valence-corrected chi connectivity index (χ0v) is 8.32. The van der Waals surface area contributed by atoms with Gasteiger partial charge < -0.3 is 10.2 Å². The van der Waals surface area contributed by atoms with E-state index in [0.29, 0.717) is 12.6 Å². The minimum Gasteiger partial charge on any atom is -0.308 e. The molecule has 0 aromatic carbocycles. The Morgan fingerprint density at radius 2 is 2.08 bits per heavy atom. The van der Waals surface area contributed by atoms with Crippen molar-refractivity contribution in [3.63, 3.8) is 0 Å². The predicted molar refractivity (Wildman–Crippen MR) is 49.1 cm³/mol. The van der Waals surface area contributed by atoms with E-state index < -0.39 is 5.92 Å². The van der Waals surface area contributed by atoms with Crippen LogP contribution in [0.4, 0.5) is 8.78 Å². The summed E-state index contributed by atoms with van der Waals surface area (Å²) in [6.45, 7) is 2.22. The second-order valence-corrected chi connectivity index (χ2v) is 3.84. The Bertz CT molecular complexity index is 158. The number of alkyl halides is 2. The van der Waals surface area contributed by atoms with Crippen LogP contribution in [0.3, 0.4) is 0 Å². The second kappa shape index (κ2) is 4.33. The van der Waals surface area contributed by atoms with Crippen LogP contribution in [0.2, 0.25) is 0 Å². The minimum absolute atomic E-state index is 0.150. The molecule has 0 aromatic rings. The molecule has 0 bridgehead atoms. The van der Waals surface area contributed by atoms with Crippen molar-refractivity contribution in [1.29, 1.82) is 0 Å². The highest BCUT2D eigenvalue weighted by molar-refractivity contribution is 4.84. The number of nitrogens with one attached hydrogen (secondary N) is 1. The van der Waals surface area contributed by atoms with E-state index in [1.807, 2.05) is 6.92 Å². The van der Waals surface area contributed by atoms with Crippen molar-refractivity contribution < 1.29 is 8.78 Å². The first kappa shape index (κ1) is 10.9. The van der Waals surface area contributed by atoms with Gasteiger partial charge in [0.1, 0.15) is 0 Å². The molecule has 1 saturated carbocycles. The van der Waals surface area contributed by atoms with E-state index in [1.165, 1.54) is 0 Å². The molecule has 0 atom stereocenters. The molecule has 1 fully saturated rings. The molecule has 0 spiro atoms. The quantitative estimate of drug-likeness (QED) is 0.683. The first-order valence-electron chi connectivity index (χ1n) is 4.83. The SMILES string of the molecule is CCN(C)CC(F)(F)CNC1CC1. The van der Waals surface area contributed by atoms with Crippen LogP contribution in [0, 0.1) is 0 Å². The maximum atomic E-state index is 13.1. The fourth-order valence-electron chi connectivity index (χ4n) is 1.14. The molecule has 1 aliphatic carbocycles. The monoisotopic (exact) mass is 192 g/mol. The van der Waals surface area contributed by atoms with Crippen molar-refractivity contribution >= 4 is 0 Å². The third-order valence-electron chi connectivity index (χ3n) is 2.27. The minimum atomic E-state index is -2.59. The molecule has 2 nitrogen and oxygen atoms in total. The molecule has 0 radical (unpaired) electrons. The fourth-order valence-corrected chi connectivity index (χ4v) is 1.14. The van der Waals surface area contributed by atoms with Crippen molar-refractivity contribution in [2.75, 3.05) is 26.7 Å². The van der Waals surface area contributed by atoms with E-state index in [9.17, 15) is 8.78 Å². The first-order chi connectivity index (χ1) is 6.03. The van der Waals surface area contributed by atoms with Gasteiger partial charge in [-0.3, -0.25) is 0 Å². The molecule has 0 heterocycles. The van der Waals surface area contributed by atoms with Crippen LogP contribution in [0.1, 0.15) is 19.8 Å². The van der Waals surface area contributed by atoms with Crippen molar-refractivity contribution in [2.24, 2.45) is 0 Å². The second-order valence-electron chi connectivity index (χ2n) is 3.84. The predicted octanol–water partition coefficient (Wildman–Crippen LogP) is 1.33. The van der Waals surface area contributed by atoms with Crippen LogP contribution in [0.25, 0.3) is 0 Å². The average molecular weight is 192 g/mol. The zero-order chi connectivity index (χ0) is 9.90. The van der Waals surface area contributed by atoms with E-state index in [0.717, 1.165) is 12.8 Å². The molecule has 13 heavy (non-hydrogen) atoms. The molecule has 0 unspecified atom stereocenters. The van der Waals surface area contributed by atoms with E-state index in [-0.39, 0.29) is 13.1 Å². The van der Waals surface area contributed by atoms with Crippen LogP contribution in [0.5, 0.6) is 0 Å². The lowest BCUT2D eigenvalue weighted by Crippen LogP contribution is -2.42. The number of hydrogen-bond donors (Lipinski definition) is 1. The maximum Gasteiger partial charge on any atom is 0.272 e. The molecule has 4 heteroatoms. The van der Waals surface area contributed by atoms with Crippen LogP contribution in [-0.2, 0) is 0 Å². The van der Waals surface area contributed by atoms with E-state index >= 15 is 0 Å². The van der Waals surface area contributed by atoms with Crippen molar-refractivity contribution in [2.45, 2.75) is 31.7 Å². The van der Waals surface area contributed by atoms with Crippen molar-refractivity contribution in [1.82, 2.24) is 10.2 Å². The standard InChI is InChI=1S/C9H18F2N2/c1-3-13(2)7-9(10,11)6-12-8-4-5-8/h8,12H,3-7H2,1-2H3. The lowest BCUT2D eigenvalue weighted by atomic mass is 10.3. The van der Waals surface area contributed by atoms with Gasteiger partial charge in [0, 0.05) is 6.04 Å². The molecule has 0 amide bonds. The molecule has 1 rings (SSSR count). The van der Waals surface area contributed by atoms with Gasteiger partial charge in [-0.05, 0) is 26.4 Å². The number of nitrogens with zero attached hydrogens (tertiary/aromatic N) is 1. The van der Waals surface area contributed by atoms with Crippen molar-refractivity contribution in [3.05, 3.63) is 0 Å². The zero-order valence-electron chi connectivity index (χ0n) is 8.32. The fraction of sp³-hybridized carbons (Fsp3) is 1.00. The molecular weight excluding hydrogens is 174 g/mol. The number of halogens is 2. The Morgan fingerprint density at radius 3 is 2.54 bits per heavy atom. The Hall–Kier alpha value is -0.220. The largest absolute Gasteiger partial charge is 0.308 e. The third-order valence-corrected chi connectivity index (χ3v) is 2.27. The summed E-state index contributed by atoms with van der Waals surface area (Å²) in [5.41, 5.74) is 0. The molecule has 1 aliphatic rings. The smallest absolute Gasteiger partial charge is 0.272 e. The van der Waals surface area contributed by atoms with Crippen LogP contribution in [0.15, 0.2) is 0 Å². The molecule has 0 aliphatic heterocycles. The Labute approximate surface area is 78.3 Å². The summed E-state index contributed by atoms with van der Waals surface area (Å²) in [5.74, 6) is -2.59. The van der Waals surface area contributed by atoms with E-state index in [4.69, 9.17) is 0 Å². The molecule has 0 aromatic heterocycles. The van der Waals surface area contributed by atoms with Gasteiger partial charge in [0.2, 0.25) is 0 Å². The highest BCUT2D eigenvalue weighted by Gasteiger charge is 2.32. The third kappa shape index (κ3) is 4.52. The first-order valence-corrected chi connectivity index (χ1v) is 4.83. The highest BCUT2D eigenvalue weighted by atomic mass is 19.3. The normalized spacial score (nSPS) is 18.2. The van der Waals surface area contributed by atoms with Crippen LogP contribution >= 0.6 is 0 Å². The summed E-state index contributed by atoms with van der Waals surface area (Å²) in [4.78, 5) is 1.63. The summed E-state index contributed by atoms with van der Waals surface area (Å²) < 4.78 is 26.3. The Balaban J connectivity index is 2.17. The molecule has 78 valence electrons. The van der Waals surface area contributed by atoms with Gasteiger partial charge in [-0.25, -0.2) is 8.78 Å². The topological polar surface area (TPSA) is 15.3 Å². The van der Waals surface area contributed by atoms with Gasteiger partial charge in [-0.15, -0.1) is 0 Å². The highest BCUT2D eigenvalue weighted by Crippen LogP contribution is 2.21. The number of hydrogen-bond acceptors (Lipinski definition) is 2. The summed E-state index contributed by atoms with van der Waals surface area (Å²) >= 11 is 0. The summed E-state index contributed by atoms with van der Waals surface area (Å²) in [6, 6.07) is 0.359. The van der Waals surface area contributed by atoms with Gasteiger partial charge in [-0.1, -0.05) is 6.92 Å². The number of rotatable bonds is 6. The van der Waals surface area contributed by atoms with Crippen LogP contribution in [-0.4, -0.2) is 43.5 Å². The van der Waals surface area contributed by atoms with Gasteiger partial charge in [0.25, 0.3) is 5.92 Å². The van der Waals surface area contributed by atoms with E-state index in [2.05, 4.69) is 5.32 Å². The lowest BCUT2D eigenvalue weighted by Gasteiger charge is -2.22. The molecule has 0 saturated heterocycles. The van der Waals surface area contributed by atoms with E-state index in [1.54, 1.807) is 11.9 Å². The van der Waals surface area contributed by atoms with Gasteiger partial charge >= 0.3 is 0 Å². The van der Waals surface area contributed by atoms with Crippen LogP contribution < -0.4 is 5.32 Å². The van der Waals surface area contributed by atoms with Gasteiger partial charge in [-0.2, -0.15) is 0 Å². The summed E-state index contributed by atoms with van der Waals surface area (Å²) in [7, 11) is 1.71. The molecular formula is C9H18F2N2. The Morgan fingerprint density at radius 1 is 1.46 bits per heavy atom. The lowest BCUT2D eigenvalue weighted by molar-refractivity contribution is -0.0241. The molecule has 1 N–H and O–H groups in total. The summed E-state index contributed by atoms with van der Waals surface area (Å²) in [6.07, 6.45) is 2.11. The Kier molecular flexibility index (Phi) is 3.62. The van der Waals surface area contributed by atoms with Crippen molar-refractivity contribution in [3.8, 4) is 0 Å². The van der Waals surface area contributed by atoms with Gasteiger partial charge in [0.05, 0.1) is 13.1 Å². The maximum absolute atomic E-state index is 13.1. The average Bonchev–Trinajstić information content (AvgIpc) is 2.83.